The van der Waals surface area contributed by atoms with Gasteiger partial charge in [-0.25, -0.2) is 9.78 Å². The van der Waals surface area contributed by atoms with E-state index in [0.29, 0.717) is 44.1 Å². The second kappa shape index (κ2) is 13.1. The van der Waals surface area contributed by atoms with Gasteiger partial charge >= 0.3 is 0 Å². The molecule has 5 heterocycles. The third-order valence-corrected chi connectivity index (χ3v) is 9.11. The van der Waals surface area contributed by atoms with E-state index < -0.39 is 30.1 Å². The summed E-state index contributed by atoms with van der Waals surface area (Å²) in [5, 5.41) is 24.4. The number of hydrogen-bond acceptors (Lipinski definition) is 13. The van der Waals surface area contributed by atoms with Gasteiger partial charge in [0.2, 0.25) is 23.6 Å². The van der Waals surface area contributed by atoms with Crippen LogP contribution in [-0.2, 0) is 24.0 Å². The van der Waals surface area contributed by atoms with Gasteiger partial charge < -0.3 is 40.6 Å². The number of para-hydroxylation sites is 2. The van der Waals surface area contributed by atoms with Gasteiger partial charge in [0.05, 0.1) is 6.61 Å². The molecule has 1 saturated carbocycles. The van der Waals surface area contributed by atoms with Gasteiger partial charge in [0.1, 0.15) is 6.10 Å². The molecule has 4 unspecified atom stereocenters. The summed E-state index contributed by atoms with van der Waals surface area (Å²) < 4.78 is 18.6. The van der Waals surface area contributed by atoms with Crippen LogP contribution in [0.1, 0.15) is 39.0 Å². The number of aliphatic hydroxyl groups excluding tert-OH is 1. The molecule has 7 atom stereocenters. The van der Waals surface area contributed by atoms with Gasteiger partial charge in [-0.1, -0.05) is 42.8 Å². The van der Waals surface area contributed by atoms with Crippen molar-refractivity contribution < 1.29 is 29.1 Å². The Morgan fingerprint density at radius 1 is 0.844 bits per heavy atom. The van der Waals surface area contributed by atoms with Crippen molar-refractivity contribution in [2.75, 3.05) is 42.2 Å². The Bertz CT molecular complexity index is 1360. The van der Waals surface area contributed by atoms with E-state index in [1.54, 1.807) is 0 Å². The lowest BCUT2D eigenvalue weighted by Gasteiger charge is -2.58. The SMILES string of the molecule is CC12CCC3CCCC4[C@@H](O)C(OCCNCCNc5nc(Nc6ccccc6)nc(Nc6ccccc6)n5)O[C@H](O1)[C@@]34OO2. The molecule has 45 heavy (non-hydrogen) atoms. The molecule has 5 aliphatic rings. The van der Waals surface area contributed by atoms with Crippen LogP contribution in [0.25, 0.3) is 0 Å². The predicted molar refractivity (Wildman–Crippen MR) is 166 cm³/mol. The molecule has 1 aromatic heterocycles. The first kappa shape index (κ1) is 30.2. The summed E-state index contributed by atoms with van der Waals surface area (Å²) in [7, 11) is 0. The smallest absolute Gasteiger partial charge is 0.233 e. The lowest BCUT2D eigenvalue weighted by Crippen LogP contribution is -2.71. The van der Waals surface area contributed by atoms with Gasteiger partial charge in [0.25, 0.3) is 0 Å². The van der Waals surface area contributed by atoms with Crippen LogP contribution in [0.5, 0.6) is 0 Å². The van der Waals surface area contributed by atoms with Crippen LogP contribution in [0.15, 0.2) is 60.7 Å². The highest BCUT2D eigenvalue weighted by Crippen LogP contribution is 2.57. The van der Waals surface area contributed by atoms with E-state index in [-0.39, 0.29) is 11.8 Å². The number of nitrogens with one attached hydrogen (secondary N) is 4. The van der Waals surface area contributed by atoms with Crippen molar-refractivity contribution in [2.24, 2.45) is 11.8 Å². The van der Waals surface area contributed by atoms with Crippen molar-refractivity contribution in [3.05, 3.63) is 60.7 Å². The molecule has 3 aromatic rings. The molecule has 5 fully saturated rings. The van der Waals surface area contributed by atoms with Crippen LogP contribution in [0.3, 0.4) is 0 Å². The van der Waals surface area contributed by atoms with E-state index >= 15 is 0 Å². The van der Waals surface area contributed by atoms with Gasteiger partial charge in [0.15, 0.2) is 18.2 Å². The molecule has 0 radical (unpaired) electrons. The first-order valence-electron chi connectivity index (χ1n) is 15.9. The second-order valence-corrected chi connectivity index (χ2v) is 12.2. The standard InChI is InChI=1S/C32H41N7O6/c1-31-16-15-21-9-8-14-24-25(40)26(42-27(43-31)32(21,24)45-44-31)41-20-19-33-17-18-34-28-37-29(35-22-10-4-2-5-11-22)39-30(38-28)36-23-12-6-3-7-13-23/h2-7,10-13,21,24-27,33,40H,8-9,14-20H2,1H3,(H3,34,35,36,37,38,39)/t21?,24?,25-,26?,27-,31?,32-/m1/s1. The zero-order chi connectivity index (χ0) is 30.7. The summed E-state index contributed by atoms with van der Waals surface area (Å²) >= 11 is 0. The third kappa shape index (κ3) is 6.47. The predicted octanol–water partition coefficient (Wildman–Crippen LogP) is 4.06. The van der Waals surface area contributed by atoms with Gasteiger partial charge in [-0.2, -0.15) is 15.0 Å². The summed E-state index contributed by atoms with van der Waals surface area (Å²) in [6.45, 7) is 4.00. The molecule has 4 saturated heterocycles. The fourth-order valence-electron chi connectivity index (χ4n) is 6.88. The molecule has 1 aliphatic carbocycles. The number of ether oxygens (including phenoxy) is 3. The molecule has 1 spiro atoms. The van der Waals surface area contributed by atoms with Crippen molar-refractivity contribution in [1.29, 1.82) is 0 Å². The average molecular weight is 620 g/mol. The normalized spacial score (nSPS) is 31.9. The Labute approximate surface area is 262 Å². The number of benzene rings is 2. The van der Waals surface area contributed by atoms with Crippen LogP contribution in [0.2, 0.25) is 0 Å². The molecule has 13 heteroatoms. The number of rotatable bonds is 12. The van der Waals surface area contributed by atoms with Gasteiger partial charge in [-0.3, -0.25) is 0 Å². The Morgan fingerprint density at radius 2 is 1.53 bits per heavy atom. The van der Waals surface area contributed by atoms with Crippen LogP contribution in [-0.4, -0.2) is 76.4 Å². The maximum absolute atomic E-state index is 11.3. The number of aliphatic hydroxyl groups is 1. The third-order valence-electron chi connectivity index (χ3n) is 9.11. The molecule has 4 aliphatic heterocycles. The summed E-state index contributed by atoms with van der Waals surface area (Å²) in [5.41, 5.74) is 0.959. The number of anilines is 5. The van der Waals surface area contributed by atoms with Gasteiger partial charge in [-0.05, 0) is 56.4 Å². The van der Waals surface area contributed by atoms with E-state index in [0.717, 1.165) is 43.5 Å². The Morgan fingerprint density at radius 3 is 2.24 bits per heavy atom. The summed E-state index contributed by atoms with van der Waals surface area (Å²) in [6, 6.07) is 19.5. The minimum absolute atomic E-state index is 0.178. The van der Waals surface area contributed by atoms with Crippen molar-refractivity contribution in [2.45, 2.75) is 69.1 Å². The zero-order valence-corrected chi connectivity index (χ0v) is 25.4. The second-order valence-electron chi connectivity index (χ2n) is 12.2. The highest BCUT2D eigenvalue weighted by atomic mass is 17.3. The average Bonchev–Trinajstić information content (AvgIpc) is 3.28. The van der Waals surface area contributed by atoms with Gasteiger partial charge in [0, 0.05) is 43.3 Å². The van der Waals surface area contributed by atoms with E-state index in [2.05, 4.69) is 36.2 Å². The van der Waals surface area contributed by atoms with E-state index in [9.17, 15) is 5.11 Å². The Kier molecular flexibility index (Phi) is 8.82. The molecule has 2 aromatic carbocycles. The molecule has 5 N–H and O–H groups in total. The van der Waals surface area contributed by atoms with Crippen LogP contribution in [0, 0.1) is 11.8 Å². The van der Waals surface area contributed by atoms with Crippen molar-refractivity contribution in [3.8, 4) is 0 Å². The first-order valence-corrected chi connectivity index (χ1v) is 15.9. The maximum atomic E-state index is 11.3. The first-order chi connectivity index (χ1) is 22.0. The maximum Gasteiger partial charge on any atom is 0.233 e. The lowest BCUT2D eigenvalue weighted by atomic mass is 9.63. The summed E-state index contributed by atoms with van der Waals surface area (Å²) in [4.78, 5) is 25.4. The van der Waals surface area contributed by atoms with Crippen molar-refractivity contribution in [1.82, 2.24) is 20.3 Å². The van der Waals surface area contributed by atoms with Crippen LogP contribution >= 0.6 is 0 Å². The molecule has 13 nitrogen and oxygen atoms in total. The molecule has 0 amide bonds. The molecule has 2 bridgehead atoms. The van der Waals surface area contributed by atoms with Crippen LogP contribution < -0.4 is 21.3 Å². The largest absolute Gasteiger partial charge is 0.387 e. The Balaban J connectivity index is 0.905. The monoisotopic (exact) mass is 619 g/mol. The van der Waals surface area contributed by atoms with E-state index in [1.807, 2.05) is 67.6 Å². The van der Waals surface area contributed by atoms with E-state index in [4.69, 9.17) is 24.0 Å². The summed E-state index contributed by atoms with van der Waals surface area (Å²) in [5.74, 6) is 0.475. The number of nitrogens with zero attached hydrogens (tertiary/aromatic N) is 3. The minimum Gasteiger partial charge on any atom is -0.387 e. The van der Waals surface area contributed by atoms with Crippen LogP contribution in [0.4, 0.5) is 29.2 Å². The van der Waals surface area contributed by atoms with E-state index in [1.165, 1.54) is 0 Å². The Hall–Kier alpha value is -3.43. The molecule has 8 rings (SSSR count). The molecular formula is C32H41N7O6. The highest BCUT2D eigenvalue weighted by Gasteiger charge is 2.69. The highest BCUT2D eigenvalue weighted by molar-refractivity contribution is 5.58. The topological polar surface area (TPSA) is 153 Å². The number of hydrogen-bond donors (Lipinski definition) is 5. The summed E-state index contributed by atoms with van der Waals surface area (Å²) in [6.07, 6.45) is 2.23. The minimum atomic E-state index is -0.853. The fourth-order valence-corrected chi connectivity index (χ4v) is 6.88. The van der Waals surface area contributed by atoms with Crippen molar-refractivity contribution >= 4 is 29.2 Å². The van der Waals surface area contributed by atoms with Gasteiger partial charge in [-0.15, -0.1) is 0 Å². The lowest BCUT2D eigenvalue weighted by molar-refractivity contribution is -0.577. The molecule has 240 valence electrons. The molecular weight excluding hydrogens is 578 g/mol. The number of aromatic nitrogens is 3. The zero-order valence-electron chi connectivity index (χ0n) is 25.4. The quantitative estimate of drug-likeness (QED) is 0.146. The number of fused-ring (bicyclic) bond motifs is 2. The fraction of sp³-hybridized carbons (Fsp3) is 0.531. The van der Waals surface area contributed by atoms with Crippen molar-refractivity contribution in [3.63, 3.8) is 0 Å².